The molecule has 1 aromatic carbocycles. The third-order valence-electron chi connectivity index (χ3n) is 4.49. The lowest BCUT2D eigenvalue weighted by Crippen LogP contribution is -2.42. The van der Waals surface area contributed by atoms with Gasteiger partial charge in [0.15, 0.2) is 0 Å². The summed E-state index contributed by atoms with van der Waals surface area (Å²) in [5.41, 5.74) is 0.271. The molecule has 0 aliphatic heterocycles. The first-order valence-electron chi connectivity index (χ1n) is 7.99. The normalized spacial score (nSPS) is 24.7. The Labute approximate surface area is 127 Å². The van der Waals surface area contributed by atoms with E-state index in [1.807, 2.05) is 35.2 Å². The van der Waals surface area contributed by atoms with Crippen molar-refractivity contribution in [2.75, 3.05) is 6.54 Å². The first-order valence-corrected chi connectivity index (χ1v) is 7.99. The van der Waals surface area contributed by atoms with Crippen LogP contribution in [0, 0.1) is 17.8 Å². The topological polar surface area (TPSA) is 40.5 Å². The number of carbonyl (C=O) groups excluding carboxylic acids is 1. The summed E-state index contributed by atoms with van der Waals surface area (Å²) in [4.78, 5) is 14.6. The lowest BCUT2D eigenvalue weighted by Gasteiger charge is -2.29. The average molecular weight is 287 g/mol. The number of carbonyl (C=O) groups is 1. The molecule has 2 fully saturated rings. The molecule has 0 saturated heterocycles. The van der Waals surface area contributed by atoms with E-state index in [1.54, 1.807) is 13.8 Å². The highest BCUT2D eigenvalue weighted by Gasteiger charge is 2.52. The van der Waals surface area contributed by atoms with Gasteiger partial charge in [-0.05, 0) is 50.5 Å². The fourth-order valence-corrected chi connectivity index (χ4v) is 3.26. The summed E-state index contributed by atoms with van der Waals surface area (Å²) >= 11 is 0. The predicted octanol–water partition coefficient (Wildman–Crippen LogP) is 2.83. The van der Waals surface area contributed by atoms with Crippen LogP contribution < -0.4 is 0 Å². The lowest BCUT2D eigenvalue weighted by atomic mass is 10.1. The van der Waals surface area contributed by atoms with Crippen LogP contribution in [0.3, 0.4) is 0 Å². The van der Waals surface area contributed by atoms with Crippen LogP contribution in [0.15, 0.2) is 30.3 Å². The minimum Gasteiger partial charge on any atom is -0.389 e. The van der Waals surface area contributed by atoms with E-state index >= 15 is 0 Å². The Bertz CT molecular complexity index is 502. The Morgan fingerprint density at radius 1 is 1.29 bits per heavy atom. The highest BCUT2D eigenvalue weighted by Crippen LogP contribution is 2.55. The van der Waals surface area contributed by atoms with Crippen LogP contribution in [0.25, 0.3) is 0 Å². The molecule has 2 unspecified atom stereocenters. The molecule has 1 aromatic rings. The maximum Gasteiger partial charge on any atom is 0.226 e. The molecule has 0 spiro atoms. The lowest BCUT2D eigenvalue weighted by molar-refractivity contribution is -0.136. The number of hydrogen-bond donors (Lipinski definition) is 1. The number of rotatable bonds is 6. The molecule has 2 aliphatic rings. The van der Waals surface area contributed by atoms with E-state index in [9.17, 15) is 9.90 Å². The van der Waals surface area contributed by atoms with E-state index in [2.05, 4.69) is 0 Å². The van der Waals surface area contributed by atoms with Gasteiger partial charge in [-0.2, -0.15) is 0 Å². The maximum atomic E-state index is 12.7. The van der Waals surface area contributed by atoms with Gasteiger partial charge in [-0.25, -0.2) is 0 Å². The number of aliphatic hydroxyl groups is 1. The molecule has 2 saturated carbocycles. The molecule has 2 aliphatic carbocycles. The zero-order valence-corrected chi connectivity index (χ0v) is 13.0. The van der Waals surface area contributed by atoms with Gasteiger partial charge < -0.3 is 10.0 Å². The molecule has 2 atom stereocenters. The first-order chi connectivity index (χ1) is 9.94. The molecule has 3 heteroatoms. The number of hydrogen-bond acceptors (Lipinski definition) is 2. The van der Waals surface area contributed by atoms with Gasteiger partial charge in [0.05, 0.1) is 5.60 Å². The van der Waals surface area contributed by atoms with Gasteiger partial charge in [-0.1, -0.05) is 30.3 Å². The van der Waals surface area contributed by atoms with Crippen molar-refractivity contribution in [2.45, 2.75) is 45.3 Å². The second kappa shape index (κ2) is 5.45. The van der Waals surface area contributed by atoms with Gasteiger partial charge in [0.25, 0.3) is 0 Å². The molecule has 1 amide bonds. The average Bonchev–Trinajstić information content (AvgIpc) is 3.26. The van der Waals surface area contributed by atoms with E-state index in [1.165, 1.54) is 12.8 Å². The quantitative estimate of drug-likeness (QED) is 0.874. The predicted molar refractivity (Wildman–Crippen MR) is 82.5 cm³/mol. The van der Waals surface area contributed by atoms with Gasteiger partial charge in [0.2, 0.25) is 5.91 Å². The molecule has 3 rings (SSSR count). The minimum atomic E-state index is -0.853. The third-order valence-corrected chi connectivity index (χ3v) is 4.49. The Hall–Kier alpha value is -1.35. The maximum absolute atomic E-state index is 12.7. The largest absolute Gasteiger partial charge is 0.389 e. The smallest absolute Gasteiger partial charge is 0.226 e. The van der Waals surface area contributed by atoms with Gasteiger partial charge in [0, 0.05) is 19.0 Å². The van der Waals surface area contributed by atoms with Crippen LogP contribution in [0.1, 0.15) is 38.7 Å². The molecule has 3 nitrogen and oxygen atoms in total. The number of amides is 1. The monoisotopic (exact) mass is 287 g/mol. The van der Waals surface area contributed by atoms with Crippen LogP contribution in [0.5, 0.6) is 0 Å². The molecule has 0 heterocycles. The molecular weight excluding hydrogens is 262 g/mol. The summed E-state index contributed by atoms with van der Waals surface area (Å²) in [6.45, 7) is 4.53. The zero-order valence-electron chi connectivity index (χ0n) is 13.0. The van der Waals surface area contributed by atoms with E-state index in [4.69, 9.17) is 0 Å². The summed E-state index contributed by atoms with van der Waals surface area (Å²) in [6, 6.07) is 10.0. The summed E-state index contributed by atoms with van der Waals surface area (Å²) < 4.78 is 0. The molecule has 1 N–H and O–H groups in total. The van der Waals surface area contributed by atoms with E-state index in [0.717, 1.165) is 17.9 Å². The van der Waals surface area contributed by atoms with E-state index in [-0.39, 0.29) is 11.8 Å². The van der Waals surface area contributed by atoms with Gasteiger partial charge in [-0.3, -0.25) is 4.79 Å². The fraction of sp³-hybridized carbons (Fsp3) is 0.611. The van der Waals surface area contributed by atoms with Crippen LogP contribution in [-0.2, 0) is 11.3 Å². The highest BCUT2D eigenvalue weighted by atomic mass is 16.3. The highest BCUT2D eigenvalue weighted by molar-refractivity contribution is 5.82. The van der Waals surface area contributed by atoms with Gasteiger partial charge >= 0.3 is 0 Å². The summed E-state index contributed by atoms with van der Waals surface area (Å²) in [6.07, 6.45) is 3.66. The summed E-state index contributed by atoms with van der Waals surface area (Å²) in [7, 11) is 0. The second-order valence-electron chi connectivity index (χ2n) is 7.34. The zero-order chi connectivity index (χ0) is 15.0. The standard InChI is InChI=1S/C18H25NO2/c1-18(2,21)12-19(11-13-6-4-3-5-7-13)17(20)16-10-15(16)14-8-9-14/h3-7,14-16,21H,8-12H2,1-2H3. The van der Waals surface area contributed by atoms with E-state index < -0.39 is 5.60 Å². The Morgan fingerprint density at radius 2 is 1.95 bits per heavy atom. The first kappa shape index (κ1) is 14.6. The van der Waals surface area contributed by atoms with Crippen molar-refractivity contribution in [3.8, 4) is 0 Å². The van der Waals surface area contributed by atoms with Crippen molar-refractivity contribution in [3.05, 3.63) is 35.9 Å². The number of nitrogens with zero attached hydrogens (tertiary/aromatic N) is 1. The van der Waals surface area contributed by atoms with Crippen molar-refractivity contribution in [1.29, 1.82) is 0 Å². The second-order valence-corrected chi connectivity index (χ2v) is 7.34. The summed E-state index contributed by atoms with van der Waals surface area (Å²) in [5.74, 6) is 1.87. The molecule has 114 valence electrons. The van der Waals surface area contributed by atoms with Crippen molar-refractivity contribution in [3.63, 3.8) is 0 Å². The fourth-order valence-electron chi connectivity index (χ4n) is 3.26. The van der Waals surface area contributed by atoms with Gasteiger partial charge in [0.1, 0.15) is 0 Å². The molecule has 0 bridgehead atoms. The van der Waals surface area contributed by atoms with Crippen molar-refractivity contribution < 1.29 is 9.90 Å². The van der Waals surface area contributed by atoms with Crippen molar-refractivity contribution >= 4 is 5.91 Å². The molecule has 21 heavy (non-hydrogen) atoms. The third kappa shape index (κ3) is 3.85. The Morgan fingerprint density at radius 3 is 2.52 bits per heavy atom. The number of benzene rings is 1. The van der Waals surface area contributed by atoms with Crippen LogP contribution in [0.2, 0.25) is 0 Å². The van der Waals surface area contributed by atoms with Gasteiger partial charge in [-0.15, -0.1) is 0 Å². The Kier molecular flexibility index (Phi) is 3.78. The molecular formula is C18H25NO2. The Balaban J connectivity index is 1.68. The minimum absolute atomic E-state index is 0.212. The SMILES string of the molecule is CC(C)(O)CN(Cc1ccccc1)C(=O)C1CC1C1CC1. The van der Waals surface area contributed by atoms with Crippen LogP contribution in [0.4, 0.5) is 0 Å². The summed E-state index contributed by atoms with van der Waals surface area (Å²) in [5, 5.41) is 10.1. The van der Waals surface area contributed by atoms with Crippen molar-refractivity contribution in [2.24, 2.45) is 17.8 Å². The van der Waals surface area contributed by atoms with Crippen molar-refractivity contribution in [1.82, 2.24) is 4.90 Å². The van der Waals surface area contributed by atoms with Crippen LogP contribution in [-0.4, -0.2) is 28.1 Å². The van der Waals surface area contributed by atoms with E-state index in [0.29, 0.717) is 19.0 Å². The molecule has 0 aromatic heterocycles. The molecule has 0 radical (unpaired) electrons. The van der Waals surface area contributed by atoms with Crippen LogP contribution >= 0.6 is 0 Å².